The molecule has 3 rings (SSSR count). The lowest BCUT2D eigenvalue weighted by atomic mass is 10.2. The molecule has 0 saturated heterocycles. The summed E-state index contributed by atoms with van der Waals surface area (Å²) in [4.78, 5) is 29.9. The van der Waals surface area contributed by atoms with Crippen molar-refractivity contribution in [3.63, 3.8) is 0 Å². The standard InChI is InChI=1S/C25H27Cl2N3O3/c1-28-12-6-9-21(28)17-30(16-19-7-4-3-5-8-19)24(31)18-29(13-14-33-2)25(32)22-11-10-20(26)15-23(22)27/h3-12,15H,13-14,16-18H2,1-2H3. The zero-order chi connectivity index (χ0) is 23.8. The minimum Gasteiger partial charge on any atom is -0.383 e. The lowest BCUT2D eigenvalue weighted by Crippen LogP contribution is -2.44. The summed E-state index contributed by atoms with van der Waals surface area (Å²) in [6.07, 6.45) is 1.94. The van der Waals surface area contributed by atoms with Gasteiger partial charge in [-0.05, 0) is 35.9 Å². The molecule has 2 amide bonds. The molecule has 174 valence electrons. The molecule has 0 radical (unpaired) electrons. The van der Waals surface area contributed by atoms with E-state index >= 15 is 0 Å². The Morgan fingerprint density at radius 1 is 0.970 bits per heavy atom. The maximum absolute atomic E-state index is 13.5. The Labute approximate surface area is 204 Å². The third-order valence-corrected chi connectivity index (χ3v) is 5.86. The number of hydrogen-bond donors (Lipinski definition) is 0. The number of carbonyl (C=O) groups is 2. The molecule has 8 heteroatoms. The summed E-state index contributed by atoms with van der Waals surface area (Å²) in [6.45, 7) is 1.30. The van der Waals surface area contributed by atoms with E-state index in [0.717, 1.165) is 11.3 Å². The molecule has 0 aliphatic rings. The van der Waals surface area contributed by atoms with Crippen molar-refractivity contribution in [3.8, 4) is 0 Å². The summed E-state index contributed by atoms with van der Waals surface area (Å²) in [7, 11) is 3.49. The molecule has 0 aliphatic heterocycles. The van der Waals surface area contributed by atoms with Gasteiger partial charge in [0.15, 0.2) is 0 Å². The van der Waals surface area contributed by atoms with Crippen LogP contribution in [0.3, 0.4) is 0 Å². The van der Waals surface area contributed by atoms with Crippen LogP contribution in [0.25, 0.3) is 0 Å². The number of rotatable bonds is 10. The molecule has 0 N–H and O–H groups in total. The lowest BCUT2D eigenvalue weighted by molar-refractivity contribution is -0.133. The van der Waals surface area contributed by atoms with Gasteiger partial charge in [-0.2, -0.15) is 0 Å². The fourth-order valence-electron chi connectivity index (χ4n) is 3.44. The molecule has 33 heavy (non-hydrogen) atoms. The van der Waals surface area contributed by atoms with Crippen LogP contribution in [0.5, 0.6) is 0 Å². The van der Waals surface area contributed by atoms with Crippen LogP contribution in [0, 0.1) is 0 Å². The van der Waals surface area contributed by atoms with Crippen molar-refractivity contribution in [2.75, 3.05) is 26.8 Å². The van der Waals surface area contributed by atoms with Crippen LogP contribution in [0.15, 0.2) is 66.9 Å². The molecular formula is C25H27Cl2N3O3. The smallest absolute Gasteiger partial charge is 0.255 e. The van der Waals surface area contributed by atoms with Crippen LogP contribution in [-0.2, 0) is 29.7 Å². The number of methoxy groups -OCH3 is 1. The van der Waals surface area contributed by atoms with Crippen molar-refractivity contribution < 1.29 is 14.3 Å². The van der Waals surface area contributed by atoms with E-state index in [-0.39, 0.29) is 29.9 Å². The highest BCUT2D eigenvalue weighted by Gasteiger charge is 2.24. The number of benzene rings is 2. The first-order valence-electron chi connectivity index (χ1n) is 10.5. The predicted molar refractivity (Wildman–Crippen MR) is 130 cm³/mol. The number of amides is 2. The summed E-state index contributed by atoms with van der Waals surface area (Å²) in [5.41, 5.74) is 2.30. The Balaban J connectivity index is 1.83. The molecule has 0 unspecified atom stereocenters. The van der Waals surface area contributed by atoms with E-state index in [1.54, 1.807) is 24.1 Å². The SMILES string of the molecule is COCCN(CC(=O)N(Cc1ccccc1)Cc1cccn1C)C(=O)c1ccc(Cl)cc1Cl. The summed E-state index contributed by atoms with van der Waals surface area (Å²) in [5, 5.41) is 0.681. The van der Waals surface area contributed by atoms with Crippen LogP contribution in [0.4, 0.5) is 0 Å². The van der Waals surface area contributed by atoms with E-state index in [1.165, 1.54) is 11.0 Å². The summed E-state index contributed by atoms with van der Waals surface area (Å²) < 4.78 is 7.15. The maximum Gasteiger partial charge on any atom is 0.255 e. The predicted octanol–water partition coefficient (Wildman–Crippen LogP) is 4.65. The van der Waals surface area contributed by atoms with Gasteiger partial charge < -0.3 is 19.1 Å². The fourth-order valence-corrected chi connectivity index (χ4v) is 3.93. The van der Waals surface area contributed by atoms with Crippen molar-refractivity contribution in [1.82, 2.24) is 14.4 Å². The van der Waals surface area contributed by atoms with Crippen LogP contribution >= 0.6 is 23.2 Å². The second-order valence-electron chi connectivity index (χ2n) is 7.69. The van der Waals surface area contributed by atoms with Crippen molar-refractivity contribution in [3.05, 3.63) is 93.7 Å². The highest BCUT2D eigenvalue weighted by Crippen LogP contribution is 2.22. The van der Waals surface area contributed by atoms with Crippen molar-refractivity contribution >= 4 is 35.0 Å². The molecule has 3 aromatic rings. The molecule has 0 aliphatic carbocycles. The zero-order valence-electron chi connectivity index (χ0n) is 18.7. The highest BCUT2D eigenvalue weighted by molar-refractivity contribution is 6.36. The second-order valence-corrected chi connectivity index (χ2v) is 8.53. The lowest BCUT2D eigenvalue weighted by Gasteiger charge is -2.28. The third kappa shape index (κ3) is 6.84. The molecule has 0 spiro atoms. The number of aryl methyl sites for hydroxylation is 1. The Kier molecular flexibility index (Phi) is 8.95. The average molecular weight is 488 g/mol. The van der Waals surface area contributed by atoms with Gasteiger partial charge in [0, 0.05) is 44.2 Å². The Morgan fingerprint density at radius 2 is 1.73 bits per heavy atom. The third-order valence-electron chi connectivity index (χ3n) is 5.31. The van der Waals surface area contributed by atoms with E-state index in [1.807, 2.05) is 60.3 Å². The van der Waals surface area contributed by atoms with E-state index in [4.69, 9.17) is 27.9 Å². The molecule has 1 aromatic heterocycles. The molecular weight excluding hydrogens is 461 g/mol. The molecule has 0 fully saturated rings. The second kappa shape index (κ2) is 11.9. The number of aromatic nitrogens is 1. The first-order chi connectivity index (χ1) is 15.9. The maximum atomic E-state index is 13.5. The van der Waals surface area contributed by atoms with Gasteiger partial charge in [-0.25, -0.2) is 0 Å². The molecule has 6 nitrogen and oxygen atoms in total. The summed E-state index contributed by atoms with van der Waals surface area (Å²) in [5.74, 6) is -0.518. The van der Waals surface area contributed by atoms with E-state index < -0.39 is 0 Å². The van der Waals surface area contributed by atoms with E-state index in [0.29, 0.717) is 30.3 Å². The van der Waals surface area contributed by atoms with Gasteiger partial charge >= 0.3 is 0 Å². The number of carbonyl (C=O) groups excluding carboxylic acids is 2. The van der Waals surface area contributed by atoms with Gasteiger partial charge in [0.2, 0.25) is 5.91 Å². The van der Waals surface area contributed by atoms with Crippen LogP contribution in [0.2, 0.25) is 10.0 Å². The van der Waals surface area contributed by atoms with Crippen LogP contribution in [-0.4, -0.2) is 53.0 Å². The van der Waals surface area contributed by atoms with Gasteiger partial charge in [0.1, 0.15) is 6.54 Å². The first kappa shape index (κ1) is 24.8. The normalized spacial score (nSPS) is 10.8. The fraction of sp³-hybridized carbons (Fsp3) is 0.280. The number of nitrogens with zero attached hydrogens (tertiary/aromatic N) is 3. The van der Waals surface area contributed by atoms with Crippen LogP contribution < -0.4 is 0 Å². The molecule has 0 bridgehead atoms. The zero-order valence-corrected chi connectivity index (χ0v) is 20.2. The highest BCUT2D eigenvalue weighted by atomic mass is 35.5. The Morgan fingerprint density at radius 3 is 2.36 bits per heavy atom. The van der Waals surface area contributed by atoms with E-state index in [2.05, 4.69) is 0 Å². The van der Waals surface area contributed by atoms with Gasteiger partial charge in [-0.15, -0.1) is 0 Å². The Bertz CT molecular complexity index is 1090. The summed E-state index contributed by atoms with van der Waals surface area (Å²) in [6, 6.07) is 18.4. The largest absolute Gasteiger partial charge is 0.383 e. The van der Waals surface area contributed by atoms with Crippen LogP contribution in [0.1, 0.15) is 21.6 Å². The molecule has 0 atom stereocenters. The Hall–Kier alpha value is -2.80. The molecule has 2 aromatic carbocycles. The van der Waals surface area contributed by atoms with Crippen molar-refractivity contribution in [2.24, 2.45) is 7.05 Å². The number of halogens is 2. The topological polar surface area (TPSA) is 54.8 Å². The van der Waals surface area contributed by atoms with Crippen molar-refractivity contribution in [1.29, 1.82) is 0 Å². The van der Waals surface area contributed by atoms with Gasteiger partial charge in [-0.3, -0.25) is 9.59 Å². The first-order valence-corrected chi connectivity index (χ1v) is 11.3. The van der Waals surface area contributed by atoms with Crippen molar-refractivity contribution in [2.45, 2.75) is 13.1 Å². The monoisotopic (exact) mass is 487 g/mol. The van der Waals surface area contributed by atoms with Gasteiger partial charge in [-0.1, -0.05) is 53.5 Å². The van der Waals surface area contributed by atoms with Gasteiger partial charge in [0.05, 0.1) is 23.7 Å². The number of hydrogen-bond acceptors (Lipinski definition) is 3. The van der Waals surface area contributed by atoms with Gasteiger partial charge in [0.25, 0.3) is 5.91 Å². The number of ether oxygens (including phenoxy) is 1. The quantitative estimate of drug-likeness (QED) is 0.418. The minimum atomic E-state index is -0.347. The average Bonchev–Trinajstić information content (AvgIpc) is 3.20. The molecule has 1 heterocycles. The minimum absolute atomic E-state index is 0.0988. The summed E-state index contributed by atoms with van der Waals surface area (Å²) >= 11 is 12.2. The van der Waals surface area contributed by atoms with E-state index in [9.17, 15) is 9.59 Å². The molecule has 0 saturated carbocycles.